The molecule has 0 aliphatic heterocycles. The lowest BCUT2D eigenvalue weighted by molar-refractivity contribution is 0.303. The zero-order valence-electron chi connectivity index (χ0n) is 21.2. The summed E-state index contributed by atoms with van der Waals surface area (Å²) in [5, 5.41) is 14.9. The summed E-state index contributed by atoms with van der Waals surface area (Å²) in [5.74, 6) is 1.36. The highest BCUT2D eigenvalue weighted by Gasteiger charge is 2.19. The number of benzene rings is 3. The van der Waals surface area contributed by atoms with Gasteiger partial charge in [0.2, 0.25) is 0 Å². The van der Waals surface area contributed by atoms with Crippen LogP contribution in [0.15, 0.2) is 78.9 Å². The minimum atomic E-state index is 0.477. The van der Waals surface area contributed by atoms with Crippen LogP contribution in [-0.4, -0.2) is 29.5 Å². The van der Waals surface area contributed by atoms with Gasteiger partial charge >= 0.3 is 0 Å². The number of aromatic nitrogens is 6. The Morgan fingerprint density at radius 3 is 2.43 bits per heavy atom. The number of hydrogen-bond donors (Lipinski definition) is 0. The Balaban J connectivity index is 1.34. The van der Waals surface area contributed by atoms with Crippen molar-refractivity contribution in [2.45, 2.75) is 40.3 Å². The van der Waals surface area contributed by atoms with Crippen molar-refractivity contribution in [3.05, 3.63) is 107 Å². The highest BCUT2D eigenvalue weighted by molar-refractivity contribution is 6.04. The van der Waals surface area contributed by atoms with Crippen LogP contribution in [0.4, 0.5) is 0 Å². The molecule has 7 nitrogen and oxygen atoms in total. The monoisotopic (exact) mass is 488 g/mol. The molecule has 3 aromatic heterocycles. The highest BCUT2D eigenvalue weighted by atomic mass is 16.5. The second-order valence-corrected chi connectivity index (χ2v) is 9.17. The smallest absolute Gasteiger partial charge is 0.272 e. The van der Waals surface area contributed by atoms with Crippen LogP contribution in [0.1, 0.15) is 35.0 Å². The summed E-state index contributed by atoms with van der Waals surface area (Å²) in [7, 11) is 0. The van der Waals surface area contributed by atoms with Crippen LogP contribution < -0.4 is 4.74 Å². The molecule has 0 saturated carbocycles. The largest absolute Gasteiger partial charge is 0.489 e. The summed E-state index contributed by atoms with van der Waals surface area (Å²) in [6, 6.07) is 26.6. The van der Waals surface area contributed by atoms with Crippen molar-refractivity contribution < 1.29 is 4.74 Å². The molecule has 6 aromatic rings. The molecule has 7 heteroatoms. The van der Waals surface area contributed by atoms with Gasteiger partial charge in [-0.25, -0.2) is 4.68 Å². The van der Waals surface area contributed by atoms with Gasteiger partial charge in [0.25, 0.3) is 5.95 Å². The lowest BCUT2D eigenvalue weighted by Gasteiger charge is -2.12. The van der Waals surface area contributed by atoms with Gasteiger partial charge in [0.05, 0.1) is 11.2 Å². The highest BCUT2D eigenvalue weighted by Crippen LogP contribution is 2.28. The summed E-state index contributed by atoms with van der Waals surface area (Å²) < 4.78 is 10.2. The molecular formula is C30H28N6O. The molecular weight excluding hydrogens is 460 g/mol. The van der Waals surface area contributed by atoms with Gasteiger partial charge in [-0.2, -0.15) is 10.1 Å². The quantitative estimate of drug-likeness (QED) is 0.277. The lowest BCUT2D eigenvalue weighted by Crippen LogP contribution is -2.08. The fourth-order valence-corrected chi connectivity index (χ4v) is 4.95. The molecule has 0 bridgehead atoms. The number of rotatable bonds is 7. The van der Waals surface area contributed by atoms with E-state index in [9.17, 15) is 0 Å². The summed E-state index contributed by atoms with van der Waals surface area (Å²) in [5.41, 5.74) is 8.07. The molecule has 0 aliphatic carbocycles. The molecule has 0 N–H and O–H groups in total. The maximum absolute atomic E-state index is 6.20. The van der Waals surface area contributed by atoms with E-state index in [0.717, 1.165) is 62.4 Å². The standard InChI is InChI=1S/C30H28N6O/c1-4-35-26-16-10-9-15-24(26)28-29(35)31-30(33-32-28)36-21(3)25(20(2)34-36)18-23-14-8-11-17-27(23)37-19-22-12-6-5-7-13-22/h5-17H,4,18-19H2,1-3H3. The maximum Gasteiger partial charge on any atom is 0.272 e. The van der Waals surface area contributed by atoms with E-state index >= 15 is 0 Å². The zero-order valence-corrected chi connectivity index (χ0v) is 21.2. The van der Waals surface area contributed by atoms with Crippen LogP contribution in [0.3, 0.4) is 0 Å². The topological polar surface area (TPSA) is 70.7 Å². The molecule has 0 spiro atoms. The number of hydrogen-bond acceptors (Lipinski definition) is 5. The first-order valence-corrected chi connectivity index (χ1v) is 12.6. The Morgan fingerprint density at radius 2 is 1.59 bits per heavy atom. The Hall–Kier alpha value is -4.52. The van der Waals surface area contributed by atoms with Crippen LogP contribution in [0.2, 0.25) is 0 Å². The van der Waals surface area contributed by atoms with Crippen LogP contribution in [0, 0.1) is 13.8 Å². The van der Waals surface area contributed by atoms with Crippen molar-refractivity contribution in [1.29, 1.82) is 0 Å². The van der Waals surface area contributed by atoms with Crippen LogP contribution in [-0.2, 0) is 19.6 Å². The van der Waals surface area contributed by atoms with Crippen molar-refractivity contribution in [3.63, 3.8) is 0 Å². The summed E-state index contributed by atoms with van der Waals surface area (Å²) >= 11 is 0. The fourth-order valence-electron chi connectivity index (χ4n) is 4.95. The van der Waals surface area contributed by atoms with Crippen molar-refractivity contribution in [2.24, 2.45) is 0 Å². The Bertz CT molecular complexity index is 1720. The summed E-state index contributed by atoms with van der Waals surface area (Å²) in [6.07, 6.45) is 0.702. The predicted molar refractivity (Wildman–Crippen MR) is 145 cm³/mol. The first-order chi connectivity index (χ1) is 18.1. The van der Waals surface area contributed by atoms with E-state index in [0.29, 0.717) is 19.0 Å². The van der Waals surface area contributed by atoms with E-state index in [1.165, 1.54) is 0 Å². The van der Waals surface area contributed by atoms with E-state index < -0.39 is 0 Å². The average molecular weight is 489 g/mol. The van der Waals surface area contributed by atoms with E-state index in [1.54, 1.807) is 0 Å². The van der Waals surface area contributed by atoms with Gasteiger partial charge in [-0.15, -0.1) is 10.2 Å². The molecule has 184 valence electrons. The van der Waals surface area contributed by atoms with E-state index in [2.05, 4.69) is 58.9 Å². The minimum Gasteiger partial charge on any atom is -0.489 e. The van der Waals surface area contributed by atoms with E-state index in [1.807, 2.05) is 60.1 Å². The van der Waals surface area contributed by atoms with Gasteiger partial charge in [-0.3, -0.25) is 0 Å². The minimum absolute atomic E-state index is 0.477. The lowest BCUT2D eigenvalue weighted by atomic mass is 10.0. The molecule has 3 aromatic carbocycles. The molecule has 0 fully saturated rings. The van der Waals surface area contributed by atoms with Crippen LogP contribution >= 0.6 is 0 Å². The molecule has 6 rings (SSSR count). The number of para-hydroxylation sites is 2. The number of aryl methyl sites for hydroxylation is 2. The molecule has 0 aliphatic rings. The second-order valence-electron chi connectivity index (χ2n) is 9.17. The van der Waals surface area contributed by atoms with Crippen molar-refractivity contribution in [1.82, 2.24) is 29.5 Å². The molecule has 0 amide bonds. The molecule has 0 saturated heterocycles. The predicted octanol–water partition coefficient (Wildman–Crippen LogP) is 5.97. The van der Waals surface area contributed by atoms with Gasteiger partial charge < -0.3 is 9.30 Å². The first kappa shape index (κ1) is 22.9. The van der Waals surface area contributed by atoms with Crippen molar-refractivity contribution in [3.8, 4) is 11.7 Å². The number of fused-ring (bicyclic) bond motifs is 3. The van der Waals surface area contributed by atoms with Crippen molar-refractivity contribution >= 4 is 22.1 Å². The third kappa shape index (κ3) is 4.12. The van der Waals surface area contributed by atoms with Gasteiger partial charge in [-0.05, 0) is 44.0 Å². The molecule has 37 heavy (non-hydrogen) atoms. The summed E-state index contributed by atoms with van der Waals surface area (Å²) in [4.78, 5) is 4.92. The maximum atomic E-state index is 6.20. The number of ether oxygens (including phenoxy) is 1. The van der Waals surface area contributed by atoms with Crippen LogP contribution in [0.5, 0.6) is 5.75 Å². The third-order valence-corrected chi connectivity index (χ3v) is 6.89. The van der Waals surface area contributed by atoms with Crippen LogP contribution in [0.25, 0.3) is 28.0 Å². The Morgan fingerprint density at radius 1 is 0.838 bits per heavy atom. The Kier molecular flexibility index (Phi) is 5.88. The van der Waals surface area contributed by atoms with E-state index in [4.69, 9.17) is 14.8 Å². The molecule has 0 radical (unpaired) electrons. The molecule has 0 unspecified atom stereocenters. The van der Waals surface area contributed by atoms with Crippen molar-refractivity contribution in [2.75, 3.05) is 0 Å². The molecule has 0 atom stereocenters. The second kappa shape index (κ2) is 9.50. The zero-order chi connectivity index (χ0) is 25.4. The summed E-state index contributed by atoms with van der Waals surface area (Å²) in [6.45, 7) is 7.53. The number of nitrogens with zero attached hydrogens (tertiary/aromatic N) is 6. The van der Waals surface area contributed by atoms with Gasteiger partial charge in [0.1, 0.15) is 17.9 Å². The molecule has 3 heterocycles. The Labute approximate surface area is 215 Å². The third-order valence-electron chi connectivity index (χ3n) is 6.89. The van der Waals surface area contributed by atoms with Gasteiger partial charge in [0.15, 0.2) is 5.65 Å². The SMILES string of the molecule is CCn1c2ccccc2c2nnc(-n3nc(C)c(Cc4ccccc4OCc4ccccc4)c3C)nc21. The average Bonchev–Trinajstić information content (AvgIpc) is 3.41. The fraction of sp³-hybridized carbons (Fsp3) is 0.200. The first-order valence-electron chi connectivity index (χ1n) is 12.6. The van der Waals surface area contributed by atoms with E-state index in [-0.39, 0.29) is 0 Å². The normalized spacial score (nSPS) is 11.4. The van der Waals surface area contributed by atoms with Gasteiger partial charge in [0, 0.05) is 29.6 Å². The van der Waals surface area contributed by atoms with Gasteiger partial charge in [-0.1, -0.05) is 66.7 Å².